The number of carbonyl (C=O) groups is 1. The molecule has 0 aliphatic heterocycles. The van der Waals surface area contributed by atoms with Crippen LogP contribution in [0.2, 0.25) is 0 Å². The van der Waals surface area contributed by atoms with Gasteiger partial charge in [0.2, 0.25) is 0 Å². The summed E-state index contributed by atoms with van der Waals surface area (Å²) < 4.78 is 0. The number of hydrazone groups is 1. The molecule has 0 unspecified atom stereocenters. The van der Waals surface area contributed by atoms with Gasteiger partial charge in [-0.1, -0.05) is 48.5 Å². The fourth-order valence-corrected chi connectivity index (χ4v) is 3.11. The average Bonchev–Trinajstić information content (AvgIpc) is 2.79. The lowest BCUT2D eigenvalue weighted by molar-refractivity contribution is -0.385. The number of fused-ring (bicyclic) bond motifs is 1. The van der Waals surface area contributed by atoms with Crippen molar-refractivity contribution in [1.82, 2.24) is 10.4 Å². The number of rotatable bonds is 5. The van der Waals surface area contributed by atoms with Crippen LogP contribution in [0, 0.1) is 10.1 Å². The van der Waals surface area contributed by atoms with Gasteiger partial charge in [0.1, 0.15) is 0 Å². The Kier molecular flexibility index (Phi) is 5.35. The quantitative estimate of drug-likeness (QED) is 0.288. The molecule has 8 nitrogen and oxygen atoms in total. The molecule has 1 heterocycles. The molecule has 0 atom stereocenters. The number of nitro benzene ring substituents is 1. The number of nitrogens with one attached hydrogen (secondary N) is 1. The largest absolute Gasteiger partial charge is 0.502 e. The molecule has 0 fully saturated rings. The Labute approximate surface area is 176 Å². The molecular formula is C23H16N4O4. The number of para-hydroxylation sites is 1. The van der Waals surface area contributed by atoms with Gasteiger partial charge in [0.15, 0.2) is 5.75 Å². The molecule has 1 amide bonds. The molecule has 1 aromatic heterocycles. The zero-order chi connectivity index (χ0) is 21.8. The summed E-state index contributed by atoms with van der Waals surface area (Å²) in [5, 5.41) is 25.1. The summed E-state index contributed by atoms with van der Waals surface area (Å²) in [7, 11) is 0. The summed E-state index contributed by atoms with van der Waals surface area (Å²) in [5.74, 6) is -0.886. The van der Waals surface area contributed by atoms with Crippen molar-refractivity contribution in [2.24, 2.45) is 5.10 Å². The van der Waals surface area contributed by atoms with Gasteiger partial charge >= 0.3 is 5.69 Å². The summed E-state index contributed by atoms with van der Waals surface area (Å²) in [6, 6.07) is 22.3. The minimum atomic E-state index is -0.695. The molecule has 0 bridgehead atoms. The maximum atomic E-state index is 12.9. The van der Waals surface area contributed by atoms with Gasteiger partial charge < -0.3 is 5.11 Å². The minimum Gasteiger partial charge on any atom is -0.502 e. The van der Waals surface area contributed by atoms with E-state index >= 15 is 0 Å². The van der Waals surface area contributed by atoms with Crippen LogP contribution in [0.5, 0.6) is 5.75 Å². The third-order valence-electron chi connectivity index (χ3n) is 4.61. The van der Waals surface area contributed by atoms with Gasteiger partial charge in [0.05, 0.1) is 27.9 Å². The summed E-state index contributed by atoms with van der Waals surface area (Å²) in [5.41, 5.74) is 4.97. The summed E-state index contributed by atoms with van der Waals surface area (Å²) in [6.07, 6.45) is 1.27. The molecule has 0 saturated heterocycles. The highest BCUT2D eigenvalue weighted by Crippen LogP contribution is 2.26. The second-order valence-corrected chi connectivity index (χ2v) is 6.64. The lowest BCUT2D eigenvalue weighted by Crippen LogP contribution is -2.18. The minimum absolute atomic E-state index is 0.356. The van der Waals surface area contributed by atoms with Crippen molar-refractivity contribution in [3.05, 3.63) is 100 Å². The predicted octanol–water partition coefficient (Wildman–Crippen LogP) is 4.28. The average molecular weight is 412 g/mol. The molecule has 0 aliphatic rings. The molecule has 152 valence electrons. The van der Waals surface area contributed by atoms with E-state index in [4.69, 9.17) is 0 Å². The van der Waals surface area contributed by atoms with Crippen molar-refractivity contribution >= 4 is 28.7 Å². The van der Waals surface area contributed by atoms with Crippen LogP contribution in [0.4, 0.5) is 5.69 Å². The summed E-state index contributed by atoms with van der Waals surface area (Å²) in [4.78, 5) is 27.8. The van der Waals surface area contributed by atoms with E-state index in [1.54, 1.807) is 12.1 Å². The summed E-state index contributed by atoms with van der Waals surface area (Å²) >= 11 is 0. The number of nitro groups is 1. The Bertz CT molecular complexity index is 1320. The van der Waals surface area contributed by atoms with Crippen molar-refractivity contribution in [1.29, 1.82) is 0 Å². The van der Waals surface area contributed by atoms with Crippen molar-refractivity contribution < 1.29 is 14.8 Å². The topological polar surface area (TPSA) is 118 Å². The standard InChI is InChI=1S/C23H16N4O4/c28-22-11-10-15(12-21(22)27(30)31)14-24-26-23(29)18-13-20(16-6-2-1-3-7-16)25-19-9-5-4-8-17(18)19/h1-14,28H,(H,26,29)/b24-14-. The van der Waals surface area contributed by atoms with Gasteiger partial charge in [-0.2, -0.15) is 5.10 Å². The van der Waals surface area contributed by atoms with Crippen LogP contribution >= 0.6 is 0 Å². The van der Waals surface area contributed by atoms with Crippen LogP contribution < -0.4 is 5.43 Å². The molecule has 2 N–H and O–H groups in total. The first kappa shape index (κ1) is 19.7. The number of phenolic OH excluding ortho intramolecular Hbond substituents is 1. The van der Waals surface area contributed by atoms with Crippen LogP contribution in [-0.4, -0.2) is 27.1 Å². The number of aromatic nitrogens is 1. The predicted molar refractivity (Wildman–Crippen MR) is 117 cm³/mol. The van der Waals surface area contributed by atoms with E-state index in [1.807, 2.05) is 48.5 Å². The van der Waals surface area contributed by atoms with Crippen molar-refractivity contribution in [2.45, 2.75) is 0 Å². The lowest BCUT2D eigenvalue weighted by atomic mass is 10.0. The van der Waals surface area contributed by atoms with E-state index in [0.29, 0.717) is 27.7 Å². The fraction of sp³-hybridized carbons (Fsp3) is 0. The zero-order valence-corrected chi connectivity index (χ0v) is 16.1. The maximum absolute atomic E-state index is 12.9. The Hall–Kier alpha value is -4.59. The van der Waals surface area contributed by atoms with Crippen LogP contribution in [-0.2, 0) is 0 Å². The van der Waals surface area contributed by atoms with Gasteiger partial charge in [-0.15, -0.1) is 0 Å². The van der Waals surface area contributed by atoms with Gasteiger partial charge in [-0.3, -0.25) is 14.9 Å². The molecule has 4 aromatic rings. The maximum Gasteiger partial charge on any atom is 0.311 e. The first-order chi connectivity index (χ1) is 15.0. The molecule has 31 heavy (non-hydrogen) atoms. The molecule has 8 heteroatoms. The number of phenols is 1. The number of amides is 1. The van der Waals surface area contributed by atoms with Crippen molar-refractivity contribution in [3.8, 4) is 17.0 Å². The molecule has 3 aromatic carbocycles. The zero-order valence-electron chi connectivity index (χ0n) is 16.1. The first-order valence-electron chi connectivity index (χ1n) is 9.29. The van der Waals surface area contributed by atoms with E-state index in [1.165, 1.54) is 24.4 Å². The molecular weight excluding hydrogens is 396 g/mol. The number of carbonyl (C=O) groups excluding carboxylic acids is 1. The smallest absolute Gasteiger partial charge is 0.311 e. The number of benzene rings is 3. The van der Waals surface area contributed by atoms with Gasteiger partial charge in [-0.25, -0.2) is 10.4 Å². The second-order valence-electron chi connectivity index (χ2n) is 6.64. The Morgan fingerprint density at radius 2 is 1.77 bits per heavy atom. The molecule has 0 saturated carbocycles. The molecule has 0 spiro atoms. The molecule has 4 rings (SSSR count). The third-order valence-corrected chi connectivity index (χ3v) is 4.61. The highest BCUT2D eigenvalue weighted by molar-refractivity contribution is 6.07. The normalized spacial score (nSPS) is 11.0. The number of hydrogen-bond acceptors (Lipinski definition) is 6. The number of aromatic hydroxyl groups is 1. The van der Waals surface area contributed by atoms with E-state index in [0.717, 1.165) is 5.56 Å². The number of nitrogens with zero attached hydrogens (tertiary/aromatic N) is 3. The Morgan fingerprint density at radius 1 is 1.03 bits per heavy atom. The highest BCUT2D eigenvalue weighted by atomic mass is 16.6. The van der Waals surface area contributed by atoms with Crippen molar-refractivity contribution in [3.63, 3.8) is 0 Å². The van der Waals surface area contributed by atoms with Crippen LogP contribution in [0.25, 0.3) is 22.2 Å². The van der Waals surface area contributed by atoms with Gasteiger partial charge in [0.25, 0.3) is 5.91 Å². The van der Waals surface area contributed by atoms with E-state index in [9.17, 15) is 20.0 Å². The van der Waals surface area contributed by atoms with Crippen LogP contribution in [0.1, 0.15) is 15.9 Å². The van der Waals surface area contributed by atoms with E-state index < -0.39 is 22.3 Å². The van der Waals surface area contributed by atoms with E-state index in [2.05, 4.69) is 15.5 Å². The number of hydrogen-bond donors (Lipinski definition) is 2. The van der Waals surface area contributed by atoms with Crippen LogP contribution in [0.3, 0.4) is 0 Å². The monoisotopic (exact) mass is 412 g/mol. The lowest BCUT2D eigenvalue weighted by Gasteiger charge is -2.09. The van der Waals surface area contributed by atoms with Crippen LogP contribution in [0.15, 0.2) is 84.0 Å². The molecule has 0 radical (unpaired) electrons. The van der Waals surface area contributed by atoms with Crippen molar-refractivity contribution in [2.75, 3.05) is 0 Å². The second kappa shape index (κ2) is 8.42. The fourth-order valence-electron chi connectivity index (χ4n) is 3.11. The van der Waals surface area contributed by atoms with Gasteiger partial charge in [0, 0.05) is 22.6 Å². The number of pyridine rings is 1. The third kappa shape index (κ3) is 4.23. The SMILES string of the molecule is O=C(N/N=C\c1ccc(O)c([N+](=O)[O-])c1)c1cc(-c2ccccc2)nc2ccccc12. The first-order valence-corrected chi connectivity index (χ1v) is 9.29. The van der Waals surface area contributed by atoms with E-state index in [-0.39, 0.29) is 0 Å². The highest BCUT2D eigenvalue weighted by Gasteiger charge is 2.14. The summed E-state index contributed by atoms with van der Waals surface area (Å²) in [6.45, 7) is 0. The molecule has 0 aliphatic carbocycles. The Morgan fingerprint density at radius 3 is 2.55 bits per heavy atom. The van der Waals surface area contributed by atoms with Gasteiger partial charge in [-0.05, 0) is 24.3 Å². The Balaban J connectivity index is 1.64.